The molecule has 92 valence electrons. The van der Waals surface area contributed by atoms with E-state index >= 15 is 0 Å². The monoisotopic (exact) mass is 239 g/mol. The van der Waals surface area contributed by atoms with Crippen LogP contribution in [0.4, 0.5) is 0 Å². The molecule has 3 rings (SSSR count). The van der Waals surface area contributed by atoms with Gasteiger partial charge in [0, 0.05) is 23.2 Å². The molecule has 0 unspecified atom stereocenters. The second-order valence-electron chi connectivity index (χ2n) is 5.07. The highest BCUT2D eigenvalue weighted by atomic mass is 14.9. The molecule has 0 saturated heterocycles. The van der Waals surface area contributed by atoms with Gasteiger partial charge in [0.25, 0.3) is 0 Å². The third kappa shape index (κ3) is 1.91. The third-order valence-electron chi connectivity index (χ3n) is 3.64. The molecule has 0 aliphatic heterocycles. The standard InChI is InChI=1S/C15H17N3/c1-11-9-13(12-5-3-2-4-6-12)18-14(17-11)15(10-16)7-8-15/h2-6,9H,7-8,10,16H2,1H3. The number of rotatable bonds is 3. The Morgan fingerprint density at radius 2 is 1.89 bits per heavy atom. The molecule has 3 heteroatoms. The van der Waals surface area contributed by atoms with Gasteiger partial charge in [-0.2, -0.15) is 0 Å². The topological polar surface area (TPSA) is 51.8 Å². The minimum absolute atomic E-state index is 0.0511. The van der Waals surface area contributed by atoms with E-state index in [1.54, 1.807) is 0 Å². The highest BCUT2D eigenvalue weighted by Gasteiger charge is 2.46. The van der Waals surface area contributed by atoms with Gasteiger partial charge < -0.3 is 5.73 Å². The van der Waals surface area contributed by atoms with Gasteiger partial charge in [-0.25, -0.2) is 9.97 Å². The molecule has 1 aliphatic rings. The summed E-state index contributed by atoms with van der Waals surface area (Å²) in [5, 5.41) is 0. The Kier molecular flexibility index (Phi) is 2.63. The van der Waals surface area contributed by atoms with Crippen LogP contribution in [0.1, 0.15) is 24.4 Å². The fraction of sp³-hybridized carbons (Fsp3) is 0.333. The Bertz CT molecular complexity index is 559. The van der Waals surface area contributed by atoms with Gasteiger partial charge in [-0.3, -0.25) is 0 Å². The summed E-state index contributed by atoms with van der Waals surface area (Å²) < 4.78 is 0. The molecule has 0 bridgehead atoms. The number of hydrogen-bond donors (Lipinski definition) is 1. The second-order valence-corrected chi connectivity index (χ2v) is 5.07. The molecule has 2 N–H and O–H groups in total. The van der Waals surface area contributed by atoms with Crippen LogP contribution >= 0.6 is 0 Å². The van der Waals surface area contributed by atoms with Crippen molar-refractivity contribution in [3.05, 3.63) is 47.9 Å². The van der Waals surface area contributed by atoms with Crippen molar-refractivity contribution in [3.8, 4) is 11.3 Å². The zero-order chi connectivity index (χ0) is 12.6. The Morgan fingerprint density at radius 3 is 2.50 bits per heavy atom. The molecule has 1 aromatic carbocycles. The molecule has 3 nitrogen and oxygen atoms in total. The number of aromatic nitrogens is 2. The summed E-state index contributed by atoms with van der Waals surface area (Å²) in [6.07, 6.45) is 2.22. The van der Waals surface area contributed by atoms with E-state index in [4.69, 9.17) is 10.7 Å². The Balaban J connectivity index is 2.07. The molecule has 2 aromatic rings. The van der Waals surface area contributed by atoms with Crippen LogP contribution in [-0.2, 0) is 5.41 Å². The van der Waals surface area contributed by atoms with Crippen molar-refractivity contribution in [1.82, 2.24) is 9.97 Å². The molecular weight excluding hydrogens is 222 g/mol. The number of benzene rings is 1. The highest BCUT2D eigenvalue weighted by Crippen LogP contribution is 2.45. The van der Waals surface area contributed by atoms with Gasteiger partial charge in [-0.1, -0.05) is 30.3 Å². The zero-order valence-electron chi connectivity index (χ0n) is 10.6. The van der Waals surface area contributed by atoms with Crippen LogP contribution < -0.4 is 5.73 Å². The van der Waals surface area contributed by atoms with Crippen LogP contribution in [0.25, 0.3) is 11.3 Å². The van der Waals surface area contributed by atoms with E-state index < -0.39 is 0 Å². The summed E-state index contributed by atoms with van der Waals surface area (Å²) in [6, 6.07) is 12.3. The predicted molar refractivity (Wildman–Crippen MR) is 72.2 cm³/mol. The number of nitrogens with zero attached hydrogens (tertiary/aromatic N) is 2. The summed E-state index contributed by atoms with van der Waals surface area (Å²) in [7, 11) is 0. The highest BCUT2D eigenvalue weighted by molar-refractivity contribution is 5.59. The van der Waals surface area contributed by atoms with Gasteiger partial charge in [-0.15, -0.1) is 0 Å². The lowest BCUT2D eigenvalue weighted by atomic mass is 10.1. The van der Waals surface area contributed by atoms with Gasteiger partial charge in [-0.05, 0) is 25.8 Å². The average Bonchev–Trinajstić information content (AvgIpc) is 3.20. The zero-order valence-corrected chi connectivity index (χ0v) is 10.6. The van der Waals surface area contributed by atoms with Gasteiger partial charge >= 0.3 is 0 Å². The van der Waals surface area contributed by atoms with Crippen molar-refractivity contribution in [2.45, 2.75) is 25.2 Å². The SMILES string of the molecule is Cc1cc(-c2ccccc2)nc(C2(CN)CC2)n1. The van der Waals surface area contributed by atoms with Crippen LogP contribution in [0.3, 0.4) is 0 Å². The van der Waals surface area contributed by atoms with Gasteiger partial charge in [0.2, 0.25) is 0 Å². The van der Waals surface area contributed by atoms with E-state index in [1.807, 2.05) is 31.2 Å². The van der Waals surface area contributed by atoms with E-state index in [1.165, 1.54) is 0 Å². The minimum Gasteiger partial charge on any atom is -0.329 e. The van der Waals surface area contributed by atoms with E-state index in [9.17, 15) is 0 Å². The van der Waals surface area contributed by atoms with Crippen molar-refractivity contribution in [1.29, 1.82) is 0 Å². The maximum Gasteiger partial charge on any atom is 0.136 e. The first kappa shape index (κ1) is 11.4. The van der Waals surface area contributed by atoms with Crippen molar-refractivity contribution in [3.63, 3.8) is 0 Å². The van der Waals surface area contributed by atoms with Gasteiger partial charge in [0.05, 0.1) is 5.69 Å². The second kappa shape index (κ2) is 4.18. The maximum atomic E-state index is 5.86. The molecule has 1 saturated carbocycles. The van der Waals surface area contributed by atoms with Crippen molar-refractivity contribution in [2.75, 3.05) is 6.54 Å². The largest absolute Gasteiger partial charge is 0.329 e. The molecule has 0 radical (unpaired) electrons. The summed E-state index contributed by atoms with van der Waals surface area (Å²) in [5.74, 6) is 0.920. The fourth-order valence-electron chi connectivity index (χ4n) is 2.23. The summed E-state index contributed by atoms with van der Waals surface area (Å²) in [5.41, 5.74) is 9.06. The van der Waals surface area contributed by atoms with E-state index in [0.717, 1.165) is 35.6 Å². The lowest BCUT2D eigenvalue weighted by molar-refractivity contribution is 0.646. The molecule has 0 spiro atoms. The molecule has 0 amide bonds. The first-order valence-corrected chi connectivity index (χ1v) is 6.35. The molecule has 18 heavy (non-hydrogen) atoms. The van der Waals surface area contributed by atoms with Crippen LogP contribution in [-0.4, -0.2) is 16.5 Å². The summed E-state index contributed by atoms with van der Waals surface area (Å²) in [6.45, 7) is 2.66. The molecule has 1 aromatic heterocycles. The normalized spacial score (nSPS) is 16.6. The number of hydrogen-bond acceptors (Lipinski definition) is 3. The first-order chi connectivity index (χ1) is 8.73. The smallest absolute Gasteiger partial charge is 0.136 e. The molecule has 0 atom stereocenters. The van der Waals surface area contributed by atoms with Gasteiger partial charge in [0.1, 0.15) is 5.82 Å². The average molecular weight is 239 g/mol. The lowest BCUT2D eigenvalue weighted by Crippen LogP contribution is -2.23. The summed E-state index contributed by atoms with van der Waals surface area (Å²) in [4.78, 5) is 9.29. The van der Waals surface area contributed by atoms with Gasteiger partial charge in [0.15, 0.2) is 0 Å². The van der Waals surface area contributed by atoms with Crippen molar-refractivity contribution < 1.29 is 0 Å². The molecule has 1 heterocycles. The maximum absolute atomic E-state index is 5.86. The lowest BCUT2D eigenvalue weighted by Gasteiger charge is -2.13. The number of nitrogens with two attached hydrogens (primary N) is 1. The van der Waals surface area contributed by atoms with E-state index in [0.29, 0.717) is 6.54 Å². The van der Waals surface area contributed by atoms with Crippen molar-refractivity contribution in [2.24, 2.45) is 5.73 Å². The Hall–Kier alpha value is -1.74. The minimum atomic E-state index is 0.0511. The molecular formula is C15H17N3. The van der Waals surface area contributed by atoms with Crippen molar-refractivity contribution >= 4 is 0 Å². The molecule has 1 fully saturated rings. The van der Waals surface area contributed by atoms with Crippen LogP contribution in [0.2, 0.25) is 0 Å². The van der Waals surface area contributed by atoms with Crippen LogP contribution in [0.15, 0.2) is 36.4 Å². The van der Waals surface area contributed by atoms with Crippen LogP contribution in [0.5, 0.6) is 0 Å². The van der Waals surface area contributed by atoms with E-state index in [2.05, 4.69) is 17.1 Å². The quantitative estimate of drug-likeness (QED) is 0.895. The Morgan fingerprint density at radius 1 is 1.17 bits per heavy atom. The van der Waals surface area contributed by atoms with Crippen LogP contribution in [0, 0.1) is 6.92 Å². The third-order valence-corrected chi connectivity index (χ3v) is 3.64. The Labute approximate surface area is 107 Å². The fourth-order valence-corrected chi connectivity index (χ4v) is 2.23. The predicted octanol–water partition coefficient (Wildman–Crippen LogP) is 2.44. The van der Waals surface area contributed by atoms with E-state index in [-0.39, 0.29) is 5.41 Å². The number of aryl methyl sites for hydroxylation is 1. The molecule has 1 aliphatic carbocycles. The summed E-state index contributed by atoms with van der Waals surface area (Å²) >= 11 is 0. The first-order valence-electron chi connectivity index (χ1n) is 6.35.